The van der Waals surface area contributed by atoms with E-state index in [4.69, 9.17) is 4.74 Å². The van der Waals surface area contributed by atoms with E-state index >= 15 is 0 Å². The van der Waals surface area contributed by atoms with Gasteiger partial charge in [0, 0.05) is 19.6 Å². The number of ether oxygens (including phenoxy) is 1. The Morgan fingerprint density at radius 2 is 2.24 bits per heavy atom. The number of anilines is 1. The van der Waals surface area contributed by atoms with Crippen LogP contribution in [-0.2, 0) is 9.53 Å². The normalized spacial score (nSPS) is 18.2. The van der Waals surface area contributed by atoms with Crippen LogP contribution in [0.25, 0.3) is 0 Å². The van der Waals surface area contributed by atoms with Crippen LogP contribution in [0, 0.1) is 5.82 Å². The molecule has 1 atom stereocenters. The number of rotatable bonds is 3. The van der Waals surface area contributed by atoms with Gasteiger partial charge < -0.3 is 20.3 Å². The van der Waals surface area contributed by atoms with E-state index in [2.05, 4.69) is 10.6 Å². The fourth-order valence-electron chi connectivity index (χ4n) is 2.15. The summed E-state index contributed by atoms with van der Waals surface area (Å²) in [6, 6.07) is 4.67. The minimum Gasteiger partial charge on any atom is -0.464 e. The maximum absolute atomic E-state index is 13.6. The molecular formula is C14H18FN3O3. The number of benzene rings is 1. The zero-order valence-corrected chi connectivity index (χ0v) is 11.8. The van der Waals surface area contributed by atoms with Crippen molar-refractivity contribution in [1.29, 1.82) is 0 Å². The van der Waals surface area contributed by atoms with Crippen LogP contribution in [0.3, 0.4) is 0 Å². The van der Waals surface area contributed by atoms with Crippen molar-refractivity contribution >= 4 is 17.7 Å². The summed E-state index contributed by atoms with van der Waals surface area (Å²) in [7, 11) is 0. The molecule has 1 heterocycles. The summed E-state index contributed by atoms with van der Waals surface area (Å²) in [5.74, 6) is -0.984. The van der Waals surface area contributed by atoms with Crippen LogP contribution >= 0.6 is 0 Å². The van der Waals surface area contributed by atoms with Gasteiger partial charge in [-0.15, -0.1) is 0 Å². The van der Waals surface area contributed by atoms with Crippen molar-refractivity contribution < 1.29 is 18.7 Å². The molecule has 1 fully saturated rings. The van der Waals surface area contributed by atoms with Crippen LogP contribution in [0.1, 0.15) is 6.92 Å². The summed E-state index contributed by atoms with van der Waals surface area (Å²) < 4.78 is 18.5. The Morgan fingerprint density at radius 1 is 1.48 bits per heavy atom. The number of nitrogens with one attached hydrogen (secondary N) is 2. The topological polar surface area (TPSA) is 70.7 Å². The molecule has 1 aromatic rings. The Balaban J connectivity index is 2.08. The van der Waals surface area contributed by atoms with Gasteiger partial charge in [-0.1, -0.05) is 12.1 Å². The molecule has 1 unspecified atom stereocenters. The van der Waals surface area contributed by atoms with Gasteiger partial charge in [-0.25, -0.2) is 14.0 Å². The first-order valence-corrected chi connectivity index (χ1v) is 6.83. The third kappa shape index (κ3) is 3.69. The van der Waals surface area contributed by atoms with Gasteiger partial charge in [-0.05, 0) is 19.1 Å². The lowest BCUT2D eigenvalue weighted by molar-refractivity contribution is -0.148. The lowest BCUT2D eigenvalue weighted by atomic mass is 10.2. The monoisotopic (exact) mass is 295 g/mol. The molecule has 114 valence electrons. The minimum atomic E-state index is -0.703. The fourth-order valence-corrected chi connectivity index (χ4v) is 2.15. The number of halogens is 1. The average molecular weight is 295 g/mol. The summed E-state index contributed by atoms with van der Waals surface area (Å²) in [5.41, 5.74) is 0.0867. The molecule has 1 aromatic carbocycles. The maximum atomic E-state index is 13.6. The molecule has 6 nitrogen and oxygen atoms in total. The van der Waals surface area contributed by atoms with E-state index in [-0.39, 0.29) is 12.3 Å². The second kappa shape index (κ2) is 7.03. The van der Waals surface area contributed by atoms with Crippen molar-refractivity contribution in [3.63, 3.8) is 0 Å². The predicted octanol–water partition coefficient (Wildman–Crippen LogP) is 1.19. The number of piperazine rings is 1. The first-order valence-electron chi connectivity index (χ1n) is 6.83. The molecule has 7 heteroatoms. The number of esters is 1. The molecule has 0 radical (unpaired) electrons. The highest BCUT2D eigenvalue weighted by Crippen LogP contribution is 2.15. The number of urea groups is 1. The number of amides is 2. The van der Waals surface area contributed by atoms with Crippen LogP contribution in [-0.4, -0.2) is 49.2 Å². The zero-order chi connectivity index (χ0) is 15.2. The number of carbonyl (C=O) groups excluding carboxylic acids is 2. The second-order valence-electron chi connectivity index (χ2n) is 4.58. The van der Waals surface area contributed by atoms with Crippen LogP contribution in [0.4, 0.5) is 14.9 Å². The third-order valence-corrected chi connectivity index (χ3v) is 3.18. The standard InChI is InChI=1S/C14H18FN3O3/c1-2-21-13(19)12-9-16-7-8-18(12)14(20)17-11-6-4-3-5-10(11)15/h3-6,12,16H,2,7-9H2,1H3,(H,17,20). The van der Waals surface area contributed by atoms with E-state index in [0.29, 0.717) is 19.6 Å². The van der Waals surface area contributed by atoms with E-state index in [1.54, 1.807) is 13.0 Å². The minimum absolute atomic E-state index is 0.0867. The Bertz CT molecular complexity index is 524. The molecular weight excluding hydrogens is 277 g/mol. The summed E-state index contributed by atoms with van der Waals surface area (Å²) in [5, 5.41) is 5.52. The molecule has 0 aliphatic carbocycles. The molecule has 21 heavy (non-hydrogen) atoms. The van der Waals surface area contributed by atoms with E-state index in [0.717, 1.165) is 0 Å². The molecule has 2 N–H and O–H groups in total. The first-order chi connectivity index (χ1) is 10.1. The van der Waals surface area contributed by atoms with Gasteiger partial charge in [-0.2, -0.15) is 0 Å². The van der Waals surface area contributed by atoms with Crippen molar-refractivity contribution in [3.8, 4) is 0 Å². The Kier molecular flexibility index (Phi) is 5.10. The van der Waals surface area contributed by atoms with Crippen molar-refractivity contribution in [2.75, 3.05) is 31.6 Å². The number of hydrogen-bond donors (Lipinski definition) is 2. The van der Waals surface area contributed by atoms with Gasteiger partial charge >= 0.3 is 12.0 Å². The predicted molar refractivity (Wildman–Crippen MR) is 75.4 cm³/mol. The van der Waals surface area contributed by atoms with Crippen molar-refractivity contribution in [3.05, 3.63) is 30.1 Å². The quantitative estimate of drug-likeness (QED) is 0.822. The largest absolute Gasteiger partial charge is 0.464 e. The molecule has 0 bridgehead atoms. The van der Waals surface area contributed by atoms with Gasteiger partial charge in [0.25, 0.3) is 0 Å². The number of carbonyl (C=O) groups is 2. The van der Waals surface area contributed by atoms with E-state index in [9.17, 15) is 14.0 Å². The highest BCUT2D eigenvalue weighted by Gasteiger charge is 2.33. The molecule has 2 amide bonds. The average Bonchev–Trinajstić information content (AvgIpc) is 2.50. The molecule has 1 aliphatic heterocycles. The number of hydrogen-bond acceptors (Lipinski definition) is 4. The number of para-hydroxylation sites is 1. The van der Waals surface area contributed by atoms with E-state index in [1.807, 2.05) is 0 Å². The van der Waals surface area contributed by atoms with Gasteiger partial charge in [0.1, 0.15) is 11.9 Å². The Hall–Kier alpha value is -2.15. The van der Waals surface area contributed by atoms with Gasteiger partial charge in [0.2, 0.25) is 0 Å². The smallest absolute Gasteiger partial charge is 0.330 e. The summed E-state index contributed by atoms with van der Waals surface area (Å²) in [6.45, 7) is 3.20. The second-order valence-corrected chi connectivity index (χ2v) is 4.58. The van der Waals surface area contributed by atoms with Gasteiger partial charge in [0.15, 0.2) is 0 Å². The summed E-state index contributed by atoms with van der Waals surface area (Å²) in [6.07, 6.45) is 0. The van der Waals surface area contributed by atoms with E-state index in [1.165, 1.54) is 23.1 Å². The first kappa shape index (κ1) is 15.2. The summed E-state index contributed by atoms with van der Waals surface area (Å²) >= 11 is 0. The van der Waals surface area contributed by atoms with Crippen LogP contribution in [0.5, 0.6) is 0 Å². The van der Waals surface area contributed by atoms with Crippen LogP contribution in [0.15, 0.2) is 24.3 Å². The highest BCUT2D eigenvalue weighted by atomic mass is 19.1. The molecule has 0 saturated carbocycles. The lowest BCUT2D eigenvalue weighted by Crippen LogP contribution is -2.58. The molecule has 1 aliphatic rings. The zero-order valence-electron chi connectivity index (χ0n) is 11.8. The third-order valence-electron chi connectivity index (χ3n) is 3.18. The van der Waals surface area contributed by atoms with Gasteiger partial charge in [-0.3, -0.25) is 0 Å². The Labute approximate surface area is 122 Å². The molecule has 2 rings (SSSR count). The maximum Gasteiger partial charge on any atom is 0.330 e. The number of nitrogens with zero attached hydrogens (tertiary/aromatic N) is 1. The van der Waals surface area contributed by atoms with Crippen LogP contribution < -0.4 is 10.6 Å². The van der Waals surface area contributed by atoms with E-state index < -0.39 is 23.9 Å². The van der Waals surface area contributed by atoms with Crippen molar-refractivity contribution in [1.82, 2.24) is 10.2 Å². The molecule has 1 saturated heterocycles. The van der Waals surface area contributed by atoms with Gasteiger partial charge in [0.05, 0.1) is 12.3 Å². The molecule has 0 spiro atoms. The van der Waals surface area contributed by atoms with Crippen LogP contribution in [0.2, 0.25) is 0 Å². The molecule has 0 aromatic heterocycles. The summed E-state index contributed by atoms with van der Waals surface area (Å²) in [4.78, 5) is 25.5. The lowest BCUT2D eigenvalue weighted by Gasteiger charge is -2.34. The fraction of sp³-hybridized carbons (Fsp3) is 0.429. The van der Waals surface area contributed by atoms with Crippen molar-refractivity contribution in [2.45, 2.75) is 13.0 Å². The Morgan fingerprint density at radius 3 is 2.95 bits per heavy atom. The SMILES string of the molecule is CCOC(=O)C1CNCCN1C(=O)Nc1ccccc1F. The highest BCUT2D eigenvalue weighted by molar-refractivity contribution is 5.93. The van der Waals surface area contributed by atoms with Crippen molar-refractivity contribution in [2.24, 2.45) is 0 Å².